The fourth-order valence-electron chi connectivity index (χ4n) is 1.95. The molecule has 104 valence electrons. The van der Waals surface area contributed by atoms with E-state index in [9.17, 15) is 4.79 Å². The van der Waals surface area contributed by atoms with Crippen LogP contribution in [0.25, 0.3) is 0 Å². The Hall–Kier alpha value is -2.07. The van der Waals surface area contributed by atoms with Gasteiger partial charge in [0.1, 0.15) is 0 Å². The number of hydrogen-bond donors (Lipinski definition) is 1. The van der Waals surface area contributed by atoms with Crippen molar-refractivity contribution in [2.45, 2.75) is 13.5 Å². The van der Waals surface area contributed by atoms with E-state index in [2.05, 4.69) is 9.88 Å². The summed E-state index contributed by atoms with van der Waals surface area (Å²) in [6, 6.07) is 10.5. The van der Waals surface area contributed by atoms with Crippen LogP contribution in [0.1, 0.15) is 23.0 Å². The highest BCUT2D eigenvalue weighted by atomic mass is 35.5. The molecule has 5 heteroatoms. The van der Waals surface area contributed by atoms with Gasteiger partial charge in [0.2, 0.25) is 0 Å². The van der Waals surface area contributed by atoms with Gasteiger partial charge in [-0.05, 0) is 37.3 Å². The highest BCUT2D eigenvalue weighted by molar-refractivity contribution is 6.33. The fourth-order valence-corrected chi connectivity index (χ4v) is 2.25. The van der Waals surface area contributed by atoms with Crippen LogP contribution in [-0.2, 0) is 6.54 Å². The second-order valence-corrected chi connectivity index (χ2v) is 4.71. The predicted octanol–water partition coefficient (Wildman–Crippen LogP) is 3.46. The molecule has 0 radical (unpaired) electrons. The maximum Gasteiger partial charge on any atom is 0.335 e. The molecule has 1 heterocycles. The fraction of sp³-hybridized carbons (Fsp3) is 0.200. The Kier molecular flexibility index (Phi) is 4.58. The zero-order valence-electron chi connectivity index (χ0n) is 11.1. The highest BCUT2D eigenvalue weighted by Crippen LogP contribution is 2.27. The molecular formula is C15H15ClN2O2. The summed E-state index contributed by atoms with van der Waals surface area (Å²) < 4.78 is 0. The molecule has 0 atom stereocenters. The number of anilines is 1. The summed E-state index contributed by atoms with van der Waals surface area (Å²) in [7, 11) is 0. The molecule has 0 bridgehead atoms. The number of aromatic nitrogens is 1. The third kappa shape index (κ3) is 3.27. The van der Waals surface area contributed by atoms with Gasteiger partial charge >= 0.3 is 5.97 Å². The van der Waals surface area contributed by atoms with E-state index in [-0.39, 0.29) is 5.56 Å². The van der Waals surface area contributed by atoms with E-state index in [0.29, 0.717) is 11.6 Å². The Morgan fingerprint density at radius 1 is 1.35 bits per heavy atom. The highest BCUT2D eigenvalue weighted by Gasteiger charge is 2.12. The average molecular weight is 291 g/mol. The van der Waals surface area contributed by atoms with Crippen LogP contribution in [0.3, 0.4) is 0 Å². The number of halogens is 1. The topological polar surface area (TPSA) is 53.4 Å². The lowest BCUT2D eigenvalue weighted by molar-refractivity contribution is 0.0697. The second kappa shape index (κ2) is 6.39. The van der Waals surface area contributed by atoms with Gasteiger partial charge in [0.25, 0.3) is 0 Å². The first-order valence-electron chi connectivity index (χ1n) is 6.29. The molecule has 0 aliphatic carbocycles. The zero-order chi connectivity index (χ0) is 14.5. The zero-order valence-corrected chi connectivity index (χ0v) is 11.8. The largest absolute Gasteiger partial charge is 0.478 e. The minimum Gasteiger partial charge on any atom is -0.478 e. The number of nitrogens with zero attached hydrogens (tertiary/aromatic N) is 2. The van der Waals surface area contributed by atoms with Crippen LogP contribution >= 0.6 is 11.6 Å². The quantitative estimate of drug-likeness (QED) is 0.916. The molecule has 1 N–H and O–H groups in total. The van der Waals surface area contributed by atoms with Gasteiger partial charge in [-0.25, -0.2) is 4.79 Å². The van der Waals surface area contributed by atoms with Crippen LogP contribution in [0.4, 0.5) is 5.69 Å². The number of hydrogen-bond acceptors (Lipinski definition) is 3. The van der Waals surface area contributed by atoms with Crippen LogP contribution in [0, 0.1) is 0 Å². The summed E-state index contributed by atoms with van der Waals surface area (Å²) in [5.41, 5.74) is 1.94. The van der Waals surface area contributed by atoms with Gasteiger partial charge in [-0.1, -0.05) is 17.7 Å². The van der Waals surface area contributed by atoms with E-state index < -0.39 is 5.97 Å². The van der Waals surface area contributed by atoms with Crippen LogP contribution < -0.4 is 4.90 Å². The number of carbonyl (C=O) groups is 1. The van der Waals surface area contributed by atoms with Crippen molar-refractivity contribution in [2.75, 3.05) is 11.4 Å². The van der Waals surface area contributed by atoms with Crippen LogP contribution in [0.5, 0.6) is 0 Å². The summed E-state index contributed by atoms with van der Waals surface area (Å²) in [4.78, 5) is 17.3. The van der Waals surface area contributed by atoms with Crippen molar-refractivity contribution in [1.82, 2.24) is 4.98 Å². The molecule has 0 aliphatic heterocycles. The Balaban J connectivity index is 2.26. The molecule has 0 saturated carbocycles. The monoisotopic (exact) mass is 290 g/mol. The SMILES string of the molecule is CCN(Cc1ccccn1)c1ccc(C(=O)O)cc1Cl. The molecule has 1 aromatic carbocycles. The van der Waals surface area contributed by atoms with Gasteiger partial charge in [0.05, 0.1) is 28.5 Å². The van der Waals surface area contributed by atoms with Gasteiger partial charge < -0.3 is 10.0 Å². The first kappa shape index (κ1) is 14.3. The van der Waals surface area contributed by atoms with Gasteiger partial charge in [-0.15, -0.1) is 0 Å². The molecule has 0 saturated heterocycles. The third-order valence-electron chi connectivity index (χ3n) is 3.00. The Labute approximate surface area is 122 Å². The molecule has 20 heavy (non-hydrogen) atoms. The molecule has 0 aliphatic rings. The van der Waals surface area contributed by atoms with Gasteiger partial charge in [0, 0.05) is 12.7 Å². The first-order chi connectivity index (χ1) is 9.61. The second-order valence-electron chi connectivity index (χ2n) is 4.31. The maximum atomic E-state index is 10.9. The van der Waals surface area contributed by atoms with Crippen molar-refractivity contribution in [3.05, 3.63) is 58.9 Å². The number of aromatic carboxylic acids is 1. The number of carboxylic acids is 1. The summed E-state index contributed by atoms with van der Waals surface area (Å²) in [6.45, 7) is 3.40. The number of rotatable bonds is 5. The Bertz CT molecular complexity index is 602. The minimum atomic E-state index is -0.980. The van der Waals surface area contributed by atoms with E-state index in [1.54, 1.807) is 18.3 Å². The van der Waals surface area contributed by atoms with Gasteiger partial charge in [-0.3, -0.25) is 4.98 Å². The van der Waals surface area contributed by atoms with E-state index in [1.807, 2.05) is 25.1 Å². The molecule has 0 unspecified atom stereocenters. The van der Waals surface area contributed by atoms with Crippen LogP contribution in [0.2, 0.25) is 5.02 Å². The molecule has 2 aromatic rings. The first-order valence-corrected chi connectivity index (χ1v) is 6.67. The minimum absolute atomic E-state index is 0.188. The maximum absolute atomic E-state index is 10.9. The van der Waals surface area contributed by atoms with E-state index >= 15 is 0 Å². The predicted molar refractivity (Wildman–Crippen MR) is 79.4 cm³/mol. The van der Waals surface area contributed by atoms with Crippen molar-refractivity contribution >= 4 is 23.3 Å². The van der Waals surface area contributed by atoms with Crippen molar-refractivity contribution in [2.24, 2.45) is 0 Å². The van der Waals surface area contributed by atoms with Gasteiger partial charge in [-0.2, -0.15) is 0 Å². The third-order valence-corrected chi connectivity index (χ3v) is 3.30. The Morgan fingerprint density at radius 3 is 2.70 bits per heavy atom. The Morgan fingerprint density at radius 2 is 2.15 bits per heavy atom. The summed E-state index contributed by atoms with van der Waals surface area (Å²) in [5, 5.41) is 9.38. The van der Waals surface area contributed by atoms with Crippen molar-refractivity contribution < 1.29 is 9.90 Å². The summed E-state index contributed by atoms with van der Waals surface area (Å²) in [5.74, 6) is -0.980. The summed E-state index contributed by atoms with van der Waals surface area (Å²) in [6.07, 6.45) is 1.75. The number of carboxylic acid groups (broad SMARTS) is 1. The molecular weight excluding hydrogens is 276 g/mol. The lowest BCUT2D eigenvalue weighted by Crippen LogP contribution is -2.23. The summed E-state index contributed by atoms with van der Waals surface area (Å²) >= 11 is 6.19. The smallest absolute Gasteiger partial charge is 0.335 e. The molecule has 0 amide bonds. The van der Waals surface area contributed by atoms with Crippen molar-refractivity contribution in [3.8, 4) is 0 Å². The van der Waals surface area contributed by atoms with E-state index in [1.165, 1.54) is 6.07 Å². The molecule has 4 nitrogen and oxygen atoms in total. The van der Waals surface area contributed by atoms with E-state index in [4.69, 9.17) is 16.7 Å². The number of benzene rings is 1. The normalized spacial score (nSPS) is 10.3. The number of pyridine rings is 1. The lowest BCUT2D eigenvalue weighted by atomic mass is 10.2. The van der Waals surface area contributed by atoms with Crippen LogP contribution in [-0.4, -0.2) is 22.6 Å². The van der Waals surface area contributed by atoms with Crippen molar-refractivity contribution in [1.29, 1.82) is 0 Å². The van der Waals surface area contributed by atoms with E-state index in [0.717, 1.165) is 17.9 Å². The standard InChI is InChI=1S/C15H15ClN2O2/c1-2-18(10-12-5-3-4-8-17-12)14-7-6-11(15(19)20)9-13(14)16/h3-9H,2,10H2,1H3,(H,19,20). The molecule has 0 fully saturated rings. The van der Waals surface area contributed by atoms with Gasteiger partial charge in [0.15, 0.2) is 0 Å². The molecule has 2 rings (SSSR count). The lowest BCUT2D eigenvalue weighted by Gasteiger charge is -2.24. The van der Waals surface area contributed by atoms with Crippen molar-refractivity contribution in [3.63, 3.8) is 0 Å². The van der Waals surface area contributed by atoms with Crippen LogP contribution in [0.15, 0.2) is 42.6 Å². The molecule has 0 spiro atoms. The molecule has 1 aromatic heterocycles. The average Bonchev–Trinajstić information content (AvgIpc) is 2.46.